The van der Waals surface area contributed by atoms with E-state index in [0.717, 1.165) is 37.1 Å². The van der Waals surface area contributed by atoms with Crippen LogP contribution >= 0.6 is 0 Å². The van der Waals surface area contributed by atoms with Gasteiger partial charge in [-0.15, -0.1) is 0 Å². The predicted octanol–water partition coefficient (Wildman–Crippen LogP) is 2.68. The van der Waals surface area contributed by atoms with Gasteiger partial charge in [0.05, 0.1) is 5.69 Å². The highest BCUT2D eigenvalue weighted by atomic mass is 19.1. The monoisotopic (exact) mass is 257 g/mol. The highest BCUT2D eigenvalue weighted by Crippen LogP contribution is 2.33. The van der Waals surface area contributed by atoms with Gasteiger partial charge in [0.15, 0.2) is 5.82 Å². The molecule has 1 radical (unpaired) electrons. The number of fused-ring (bicyclic) bond motifs is 1. The number of pyridine rings is 1. The second-order valence-electron chi connectivity index (χ2n) is 4.76. The van der Waals surface area contributed by atoms with E-state index in [4.69, 9.17) is 0 Å². The molecule has 19 heavy (non-hydrogen) atoms. The largest absolute Gasteiger partial charge is 0.342 e. The molecule has 0 saturated carbocycles. The smallest absolute Gasteiger partial charge is 0.203 e. The Morgan fingerprint density at radius 3 is 3.05 bits per heavy atom. The van der Waals surface area contributed by atoms with Crippen molar-refractivity contribution >= 4 is 6.29 Å². The van der Waals surface area contributed by atoms with Crippen molar-refractivity contribution in [3.05, 3.63) is 41.6 Å². The fourth-order valence-electron chi connectivity index (χ4n) is 2.82. The molecule has 0 spiro atoms. The zero-order valence-electron chi connectivity index (χ0n) is 10.5. The summed E-state index contributed by atoms with van der Waals surface area (Å²) in [5.41, 5.74) is 2.79. The van der Waals surface area contributed by atoms with E-state index in [9.17, 15) is 9.18 Å². The first kappa shape index (κ1) is 12.1. The molecular formula is C15H14FN2O. The van der Waals surface area contributed by atoms with Gasteiger partial charge in [0.2, 0.25) is 6.29 Å². The molecule has 0 aromatic carbocycles. The summed E-state index contributed by atoms with van der Waals surface area (Å²) in [4.78, 5) is 14.7. The zero-order chi connectivity index (χ0) is 13.2. The van der Waals surface area contributed by atoms with Crippen LogP contribution < -0.4 is 0 Å². The minimum Gasteiger partial charge on any atom is -0.342 e. The summed E-state index contributed by atoms with van der Waals surface area (Å²) in [6.45, 7) is 0.801. The molecule has 0 aliphatic carbocycles. The summed E-state index contributed by atoms with van der Waals surface area (Å²) in [5, 5.41) is 0. The van der Waals surface area contributed by atoms with Crippen LogP contribution in [-0.4, -0.2) is 15.8 Å². The second kappa shape index (κ2) is 4.96. The first-order valence-corrected chi connectivity index (χ1v) is 6.48. The van der Waals surface area contributed by atoms with Gasteiger partial charge in [-0.05, 0) is 31.4 Å². The third kappa shape index (κ3) is 1.97. The van der Waals surface area contributed by atoms with E-state index >= 15 is 0 Å². The fraction of sp³-hybridized carbons (Fsp3) is 0.333. The fourth-order valence-corrected chi connectivity index (χ4v) is 2.82. The van der Waals surface area contributed by atoms with Gasteiger partial charge in [0.25, 0.3) is 0 Å². The van der Waals surface area contributed by atoms with Crippen molar-refractivity contribution < 1.29 is 9.18 Å². The number of carbonyl (C=O) groups excluding carboxylic acids is 1. The zero-order valence-corrected chi connectivity index (χ0v) is 10.5. The van der Waals surface area contributed by atoms with Crippen LogP contribution in [0.2, 0.25) is 0 Å². The van der Waals surface area contributed by atoms with Gasteiger partial charge in [0, 0.05) is 42.2 Å². The van der Waals surface area contributed by atoms with Gasteiger partial charge in [-0.25, -0.2) is 4.39 Å². The Morgan fingerprint density at radius 1 is 1.42 bits per heavy atom. The normalized spacial score (nSPS) is 14.2. The van der Waals surface area contributed by atoms with Crippen molar-refractivity contribution in [3.8, 4) is 11.3 Å². The molecule has 0 saturated heterocycles. The molecule has 0 fully saturated rings. The lowest BCUT2D eigenvalue weighted by Crippen LogP contribution is -2.12. The molecule has 0 amide bonds. The topological polar surface area (TPSA) is 34.9 Å². The highest BCUT2D eigenvalue weighted by molar-refractivity contribution is 5.66. The molecule has 4 heteroatoms. The summed E-state index contributed by atoms with van der Waals surface area (Å²) in [5.74, 6) is -0.284. The average Bonchev–Trinajstić information content (AvgIpc) is 2.73. The van der Waals surface area contributed by atoms with Crippen molar-refractivity contribution in [3.63, 3.8) is 0 Å². The van der Waals surface area contributed by atoms with E-state index < -0.39 is 0 Å². The maximum atomic E-state index is 14.6. The van der Waals surface area contributed by atoms with Gasteiger partial charge in [-0.2, -0.15) is 0 Å². The van der Waals surface area contributed by atoms with E-state index in [-0.39, 0.29) is 12.2 Å². The van der Waals surface area contributed by atoms with E-state index in [0.29, 0.717) is 11.3 Å². The van der Waals surface area contributed by atoms with Crippen molar-refractivity contribution in [2.75, 3.05) is 0 Å². The van der Waals surface area contributed by atoms with E-state index in [1.165, 1.54) is 0 Å². The van der Waals surface area contributed by atoms with Crippen LogP contribution in [0.15, 0.2) is 24.5 Å². The standard InChI is InChI=1S/C15H14FN2O/c16-14-12(6-9-19)13-5-1-2-8-18(13)15(14)11-4-3-7-17-10-11/h3-4,7,10H,1-2,5-6,8H2. The minimum absolute atomic E-state index is 0.0292. The number of hydrogen-bond acceptors (Lipinski definition) is 2. The minimum atomic E-state index is -0.284. The number of nitrogens with zero attached hydrogens (tertiary/aromatic N) is 2. The van der Waals surface area contributed by atoms with Gasteiger partial charge in [0.1, 0.15) is 0 Å². The first-order chi connectivity index (χ1) is 9.33. The molecule has 0 N–H and O–H groups in total. The molecule has 1 aliphatic rings. The van der Waals surface area contributed by atoms with Crippen molar-refractivity contribution in [1.29, 1.82) is 0 Å². The first-order valence-electron chi connectivity index (χ1n) is 6.48. The van der Waals surface area contributed by atoms with Gasteiger partial charge >= 0.3 is 0 Å². The third-order valence-electron chi connectivity index (χ3n) is 3.65. The summed E-state index contributed by atoms with van der Waals surface area (Å²) in [7, 11) is 0. The Labute approximate surface area is 111 Å². The lowest BCUT2D eigenvalue weighted by Gasteiger charge is -2.18. The number of rotatable bonds is 3. The Balaban J connectivity index is 2.21. The lowest BCUT2D eigenvalue weighted by molar-refractivity contribution is 0.531. The predicted molar refractivity (Wildman–Crippen MR) is 70.0 cm³/mol. The molecule has 2 aromatic heterocycles. The lowest BCUT2D eigenvalue weighted by atomic mass is 10.1. The maximum absolute atomic E-state index is 14.6. The molecule has 1 aliphatic heterocycles. The van der Waals surface area contributed by atoms with Crippen LogP contribution in [0.25, 0.3) is 11.3 Å². The summed E-state index contributed by atoms with van der Waals surface area (Å²) >= 11 is 0. The van der Waals surface area contributed by atoms with E-state index in [2.05, 4.69) is 4.98 Å². The van der Waals surface area contributed by atoms with Crippen LogP contribution in [-0.2, 0) is 24.2 Å². The Bertz CT molecular complexity index is 604. The molecule has 0 unspecified atom stereocenters. The third-order valence-corrected chi connectivity index (χ3v) is 3.65. The van der Waals surface area contributed by atoms with Crippen LogP contribution in [0, 0.1) is 5.82 Å². The molecule has 0 bridgehead atoms. The molecule has 97 valence electrons. The molecular weight excluding hydrogens is 243 g/mol. The molecule has 0 atom stereocenters. The van der Waals surface area contributed by atoms with Gasteiger partial charge < -0.3 is 4.57 Å². The Kier molecular flexibility index (Phi) is 3.15. The van der Waals surface area contributed by atoms with Gasteiger partial charge in [-0.1, -0.05) is 0 Å². The SMILES string of the molecule is O=[C]Cc1c(F)c(-c2cccnc2)n2c1CCCC2. The Hall–Kier alpha value is -1.97. The molecule has 3 heterocycles. The van der Waals surface area contributed by atoms with Crippen LogP contribution in [0.3, 0.4) is 0 Å². The quantitative estimate of drug-likeness (QED) is 0.847. The van der Waals surface area contributed by atoms with Crippen molar-refractivity contribution in [1.82, 2.24) is 9.55 Å². The highest BCUT2D eigenvalue weighted by Gasteiger charge is 2.25. The second-order valence-corrected chi connectivity index (χ2v) is 4.76. The summed E-state index contributed by atoms with van der Waals surface area (Å²) < 4.78 is 16.6. The van der Waals surface area contributed by atoms with E-state index in [1.54, 1.807) is 18.5 Å². The number of aromatic nitrogens is 2. The number of halogens is 1. The van der Waals surface area contributed by atoms with Crippen LogP contribution in [0.5, 0.6) is 0 Å². The van der Waals surface area contributed by atoms with Crippen LogP contribution in [0.1, 0.15) is 24.1 Å². The van der Waals surface area contributed by atoms with Crippen LogP contribution in [0.4, 0.5) is 4.39 Å². The molecule has 3 nitrogen and oxygen atoms in total. The average molecular weight is 257 g/mol. The Morgan fingerprint density at radius 2 is 2.32 bits per heavy atom. The molecule has 2 aromatic rings. The number of hydrogen-bond donors (Lipinski definition) is 0. The van der Waals surface area contributed by atoms with E-state index in [1.807, 2.05) is 16.9 Å². The van der Waals surface area contributed by atoms with Crippen molar-refractivity contribution in [2.24, 2.45) is 0 Å². The van der Waals surface area contributed by atoms with Gasteiger partial charge in [-0.3, -0.25) is 9.78 Å². The summed E-state index contributed by atoms with van der Waals surface area (Å²) in [6, 6.07) is 3.64. The maximum Gasteiger partial charge on any atom is 0.203 e. The van der Waals surface area contributed by atoms with Crippen molar-refractivity contribution in [2.45, 2.75) is 32.2 Å². The molecule has 3 rings (SSSR count). The summed E-state index contributed by atoms with van der Waals surface area (Å²) in [6.07, 6.45) is 8.09.